The van der Waals surface area contributed by atoms with Crippen molar-refractivity contribution in [3.8, 4) is 0 Å². The van der Waals surface area contributed by atoms with E-state index >= 15 is 0 Å². The number of aromatic nitrogens is 3. The van der Waals surface area contributed by atoms with Gasteiger partial charge in [-0.3, -0.25) is 0 Å². The number of imidazole rings is 1. The van der Waals surface area contributed by atoms with Crippen molar-refractivity contribution in [1.82, 2.24) is 15.0 Å². The average Bonchev–Trinajstić information content (AvgIpc) is 3.03. The zero-order valence-electron chi connectivity index (χ0n) is 9.29. The van der Waals surface area contributed by atoms with Gasteiger partial charge >= 0.3 is 6.03 Å². The van der Waals surface area contributed by atoms with Crippen LogP contribution in [-0.4, -0.2) is 21.0 Å². The van der Waals surface area contributed by atoms with Crippen molar-refractivity contribution in [3.63, 3.8) is 0 Å². The molecule has 0 atom stereocenters. The number of benzene rings is 1. The number of nitrogens with one attached hydrogen (secondary N) is 2. The predicted octanol–water partition coefficient (Wildman–Crippen LogP) is 0.950. The molecule has 0 radical (unpaired) electrons. The van der Waals surface area contributed by atoms with E-state index in [1.165, 1.54) is 0 Å². The third-order valence-corrected chi connectivity index (χ3v) is 2.46. The molecule has 0 saturated heterocycles. The van der Waals surface area contributed by atoms with Crippen LogP contribution in [0.5, 0.6) is 0 Å². The molecule has 0 bridgehead atoms. The minimum absolute atomic E-state index is 0.420. The lowest BCUT2D eigenvalue weighted by molar-refractivity contribution is 0.256. The normalized spacial score (nSPS) is 12.3. The molecular weight excluding hydrogens is 230 g/mol. The van der Waals surface area contributed by atoms with Gasteiger partial charge in [-0.1, -0.05) is 12.1 Å². The minimum atomic E-state index is -0.420. The van der Waals surface area contributed by atoms with Gasteiger partial charge in [0.25, 0.3) is 0 Å². The summed E-state index contributed by atoms with van der Waals surface area (Å²) >= 11 is 0. The van der Waals surface area contributed by atoms with Gasteiger partial charge in [0.05, 0.1) is 17.4 Å². The quantitative estimate of drug-likeness (QED) is 0.612. The highest BCUT2D eigenvalue weighted by Crippen LogP contribution is 2.05. The smallest absolute Gasteiger partial charge is 0.345 e. The van der Waals surface area contributed by atoms with E-state index in [0.717, 1.165) is 11.0 Å². The molecule has 1 aliphatic heterocycles. The molecule has 18 heavy (non-hydrogen) atoms. The second kappa shape index (κ2) is 4.25. The van der Waals surface area contributed by atoms with Crippen LogP contribution in [0.1, 0.15) is 0 Å². The van der Waals surface area contributed by atoms with E-state index in [2.05, 4.69) is 24.9 Å². The molecule has 4 rings (SSSR count). The SMILES string of the molecule is O=C1N=c2cc[nH]c2=N1.c1ccc2[nH]cnc2c1. The van der Waals surface area contributed by atoms with E-state index in [-0.39, 0.29) is 0 Å². The molecule has 88 valence electrons. The van der Waals surface area contributed by atoms with Crippen molar-refractivity contribution >= 4 is 17.1 Å². The molecule has 0 unspecified atom stereocenters. The summed E-state index contributed by atoms with van der Waals surface area (Å²) in [5.74, 6) is 0. The van der Waals surface area contributed by atoms with Gasteiger partial charge < -0.3 is 9.97 Å². The average molecular weight is 239 g/mol. The van der Waals surface area contributed by atoms with Crippen molar-refractivity contribution in [2.75, 3.05) is 0 Å². The standard InChI is InChI=1S/C7H6N2.C5H3N3O/c1-2-4-7-6(3-1)8-5-9-7;9-5-7-3-1-2-6-4(3)8-5/h1-5H,(H,8,9);1-2H,(H,6,7,8,9). The first-order valence-electron chi connectivity index (χ1n) is 5.36. The highest BCUT2D eigenvalue weighted by molar-refractivity contribution is 5.77. The Kier molecular flexibility index (Phi) is 2.45. The molecule has 6 nitrogen and oxygen atoms in total. The van der Waals surface area contributed by atoms with Gasteiger partial charge in [0.1, 0.15) is 5.36 Å². The molecule has 3 heterocycles. The highest BCUT2D eigenvalue weighted by atomic mass is 16.2. The van der Waals surface area contributed by atoms with Gasteiger partial charge in [-0.15, -0.1) is 0 Å². The summed E-state index contributed by atoms with van der Waals surface area (Å²) in [5.41, 5.74) is 2.69. The van der Waals surface area contributed by atoms with Crippen molar-refractivity contribution in [2.24, 2.45) is 9.98 Å². The molecule has 0 spiro atoms. The lowest BCUT2D eigenvalue weighted by atomic mass is 10.3. The van der Waals surface area contributed by atoms with Crippen LogP contribution in [0, 0.1) is 0 Å². The number of aromatic amines is 2. The molecule has 0 saturated carbocycles. The van der Waals surface area contributed by atoms with E-state index < -0.39 is 6.03 Å². The number of H-pyrrole nitrogens is 2. The van der Waals surface area contributed by atoms with Gasteiger partial charge in [-0.05, 0) is 18.2 Å². The zero-order chi connectivity index (χ0) is 12.4. The Hall–Kier alpha value is -2.76. The summed E-state index contributed by atoms with van der Waals surface area (Å²) in [6, 6.07) is 9.23. The third-order valence-electron chi connectivity index (χ3n) is 2.46. The fraction of sp³-hybridized carbons (Fsp3) is 0. The molecule has 3 aromatic rings. The van der Waals surface area contributed by atoms with Crippen LogP contribution >= 0.6 is 0 Å². The second-order valence-electron chi connectivity index (χ2n) is 3.64. The van der Waals surface area contributed by atoms with E-state index in [1.807, 2.05) is 24.3 Å². The summed E-state index contributed by atoms with van der Waals surface area (Å²) in [5, 5.41) is 0.639. The van der Waals surface area contributed by atoms with E-state index in [9.17, 15) is 4.79 Å². The Morgan fingerprint density at radius 2 is 1.89 bits per heavy atom. The summed E-state index contributed by atoms with van der Waals surface area (Å²) in [6.07, 6.45) is 3.40. The van der Waals surface area contributed by atoms with Crippen molar-refractivity contribution in [3.05, 3.63) is 53.7 Å². The number of carbonyl (C=O) groups is 1. The Labute approximate surface area is 101 Å². The van der Waals surface area contributed by atoms with Gasteiger partial charge in [0.2, 0.25) is 0 Å². The minimum Gasteiger partial charge on any atom is -0.345 e. The monoisotopic (exact) mass is 239 g/mol. The molecule has 2 N–H and O–H groups in total. The lowest BCUT2D eigenvalue weighted by Crippen LogP contribution is -2.17. The lowest BCUT2D eigenvalue weighted by Gasteiger charge is -1.81. The first kappa shape index (κ1) is 10.4. The van der Waals surface area contributed by atoms with E-state index in [1.54, 1.807) is 18.6 Å². The number of nitrogens with zero attached hydrogens (tertiary/aromatic N) is 3. The van der Waals surface area contributed by atoms with Crippen LogP contribution in [0.4, 0.5) is 4.79 Å². The van der Waals surface area contributed by atoms with Crippen LogP contribution in [0.3, 0.4) is 0 Å². The molecule has 1 aliphatic rings. The van der Waals surface area contributed by atoms with Gasteiger partial charge in [-0.2, -0.15) is 9.98 Å². The number of urea groups is 1. The summed E-state index contributed by atoms with van der Waals surface area (Å²) < 4.78 is 0. The van der Waals surface area contributed by atoms with Crippen LogP contribution in [0.2, 0.25) is 0 Å². The number of rotatable bonds is 0. The first-order chi connectivity index (χ1) is 8.83. The van der Waals surface area contributed by atoms with Crippen molar-refractivity contribution in [2.45, 2.75) is 0 Å². The first-order valence-corrected chi connectivity index (χ1v) is 5.36. The summed E-state index contributed by atoms with van der Waals surface area (Å²) in [7, 11) is 0. The zero-order valence-corrected chi connectivity index (χ0v) is 9.29. The third kappa shape index (κ3) is 1.91. The number of hydrogen-bond acceptors (Lipinski definition) is 2. The summed E-state index contributed by atoms with van der Waals surface area (Å²) in [6.45, 7) is 0. The Morgan fingerprint density at radius 1 is 1.00 bits per heavy atom. The fourth-order valence-corrected chi connectivity index (χ4v) is 1.64. The van der Waals surface area contributed by atoms with Crippen LogP contribution in [-0.2, 0) is 0 Å². The number of carbonyl (C=O) groups excluding carboxylic acids is 1. The Balaban J connectivity index is 0.000000111. The molecule has 0 fully saturated rings. The van der Waals surface area contributed by atoms with Crippen molar-refractivity contribution < 1.29 is 4.79 Å². The van der Waals surface area contributed by atoms with E-state index in [0.29, 0.717) is 10.8 Å². The summed E-state index contributed by atoms with van der Waals surface area (Å²) in [4.78, 5) is 27.4. The maximum absolute atomic E-state index is 10.4. The van der Waals surface area contributed by atoms with Crippen LogP contribution in [0.15, 0.2) is 52.8 Å². The number of fused-ring (bicyclic) bond motifs is 2. The van der Waals surface area contributed by atoms with Gasteiger partial charge in [0.15, 0.2) is 5.49 Å². The maximum Gasteiger partial charge on any atom is 0.369 e. The molecular formula is C12H9N5O. The van der Waals surface area contributed by atoms with Gasteiger partial charge in [-0.25, -0.2) is 9.78 Å². The van der Waals surface area contributed by atoms with Gasteiger partial charge in [0, 0.05) is 6.20 Å². The Bertz CT molecular complexity index is 751. The number of hydrogen-bond donors (Lipinski definition) is 2. The topological polar surface area (TPSA) is 86.3 Å². The second-order valence-corrected chi connectivity index (χ2v) is 3.64. The fourth-order valence-electron chi connectivity index (χ4n) is 1.64. The molecule has 2 aromatic heterocycles. The van der Waals surface area contributed by atoms with E-state index in [4.69, 9.17) is 0 Å². The van der Waals surface area contributed by atoms with Crippen LogP contribution < -0.4 is 10.8 Å². The molecule has 2 amide bonds. The van der Waals surface area contributed by atoms with Crippen LogP contribution in [0.25, 0.3) is 11.0 Å². The number of para-hydroxylation sites is 2. The number of amides is 2. The maximum atomic E-state index is 10.4. The largest absolute Gasteiger partial charge is 0.369 e. The predicted molar refractivity (Wildman–Crippen MR) is 64.6 cm³/mol. The van der Waals surface area contributed by atoms with Crippen molar-refractivity contribution in [1.29, 1.82) is 0 Å². The Morgan fingerprint density at radius 3 is 2.72 bits per heavy atom. The molecule has 0 aliphatic carbocycles. The molecule has 1 aromatic carbocycles. The highest BCUT2D eigenvalue weighted by Gasteiger charge is 2.02. The molecule has 6 heteroatoms.